The third-order valence-corrected chi connectivity index (χ3v) is 10.2. The number of nitrogens with zero attached hydrogens (tertiary/aromatic N) is 1. The first-order valence-corrected chi connectivity index (χ1v) is 18.8. The van der Waals surface area contributed by atoms with Gasteiger partial charge < -0.3 is 15.5 Å². The molecule has 0 aliphatic carbocycles. The number of amides is 2. The summed E-state index contributed by atoms with van der Waals surface area (Å²) in [6.07, 6.45) is 25.0. The number of carbonyl (C=O) groups is 1. The molecular weight excluding hydrogens is 507 g/mol. The SMILES string of the molecule is CCCCCCCCCCCSCC(CNC(=O)NCCN(CC)CC)SCCCCCCCCCCC. The maximum atomic E-state index is 12.4. The van der Waals surface area contributed by atoms with Crippen molar-refractivity contribution >= 4 is 29.6 Å². The van der Waals surface area contributed by atoms with Gasteiger partial charge in [0.2, 0.25) is 0 Å². The number of hydrogen-bond acceptors (Lipinski definition) is 4. The minimum absolute atomic E-state index is 0.00485. The van der Waals surface area contributed by atoms with Crippen molar-refractivity contribution in [3.05, 3.63) is 0 Å². The summed E-state index contributed by atoms with van der Waals surface area (Å²) in [6.45, 7) is 13.4. The van der Waals surface area contributed by atoms with Crippen LogP contribution < -0.4 is 10.6 Å². The van der Waals surface area contributed by atoms with E-state index in [1.54, 1.807) is 0 Å². The van der Waals surface area contributed by atoms with Crippen LogP contribution in [0.25, 0.3) is 0 Å². The average Bonchev–Trinajstić information content (AvgIpc) is 2.93. The molecule has 0 saturated carbocycles. The van der Waals surface area contributed by atoms with E-state index in [1.165, 1.54) is 127 Å². The van der Waals surface area contributed by atoms with Crippen molar-refractivity contribution in [3.8, 4) is 0 Å². The molecule has 0 heterocycles. The summed E-state index contributed by atoms with van der Waals surface area (Å²) in [5.41, 5.74) is 0. The van der Waals surface area contributed by atoms with E-state index in [0.29, 0.717) is 5.25 Å². The predicted molar refractivity (Wildman–Crippen MR) is 177 cm³/mol. The molecule has 4 nitrogen and oxygen atoms in total. The molecule has 6 heteroatoms. The average molecular weight is 574 g/mol. The topological polar surface area (TPSA) is 44.4 Å². The maximum Gasteiger partial charge on any atom is 0.314 e. The highest BCUT2D eigenvalue weighted by Gasteiger charge is 2.12. The van der Waals surface area contributed by atoms with Crippen molar-refractivity contribution in [1.29, 1.82) is 0 Å². The van der Waals surface area contributed by atoms with Gasteiger partial charge in [-0.25, -0.2) is 4.79 Å². The van der Waals surface area contributed by atoms with Crippen LogP contribution in [-0.4, -0.2) is 66.2 Å². The lowest BCUT2D eigenvalue weighted by Gasteiger charge is -2.19. The highest BCUT2D eigenvalue weighted by Crippen LogP contribution is 2.20. The number of carbonyl (C=O) groups excluding carboxylic acids is 1. The summed E-state index contributed by atoms with van der Waals surface area (Å²) >= 11 is 4.18. The molecule has 2 N–H and O–H groups in total. The zero-order valence-corrected chi connectivity index (χ0v) is 27.8. The summed E-state index contributed by atoms with van der Waals surface area (Å²) in [4.78, 5) is 14.7. The van der Waals surface area contributed by atoms with Gasteiger partial charge in [-0.2, -0.15) is 23.5 Å². The highest BCUT2D eigenvalue weighted by molar-refractivity contribution is 8.03. The highest BCUT2D eigenvalue weighted by atomic mass is 32.2. The molecule has 2 amide bonds. The summed E-state index contributed by atoms with van der Waals surface area (Å²) in [5, 5.41) is 6.73. The number of hydrogen-bond donors (Lipinski definition) is 2. The normalized spacial score (nSPS) is 12.2. The Kier molecular flexibility index (Phi) is 31.4. The first kappa shape index (κ1) is 37.9. The van der Waals surface area contributed by atoms with Gasteiger partial charge in [0.15, 0.2) is 0 Å². The molecule has 0 radical (unpaired) electrons. The Morgan fingerprint density at radius 2 is 1.11 bits per heavy atom. The predicted octanol–water partition coefficient (Wildman–Crippen LogP) is 9.52. The van der Waals surface area contributed by atoms with Gasteiger partial charge in [-0.1, -0.05) is 130 Å². The van der Waals surface area contributed by atoms with Crippen LogP contribution in [0, 0.1) is 0 Å². The lowest BCUT2D eigenvalue weighted by molar-refractivity contribution is 0.237. The summed E-state index contributed by atoms with van der Waals surface area (Å²) in [5.74, 6) is 3.64. The van der Waals surface area contributed by atoms with E-state index in [0.717, 1.165) is 38.5 Å². The largest absolute Gasteiger partial charge is 0.337 e. The minimum atomic E-state index is -0.00485. The van der Waals surface area contributed by atoms with Gasteiger partial charge in [0.25, 0.3) is 0 Å². The van der Waals surface area contributed by atoms with Gasteiger partial charge in [-0.3, -0.25) is 0 Å². The van der Waals surface area contributed by atoms with Crippen molar-refractivity contribution in [1.82, 2.24) is 15.5 Å². The number of thioether (sulfide) groups is 2. The Labute approximate surface area is 247 Å². The van der Waals surface area contributed by atoms with Crippen LogP contribution in [0.5, 0.6) is 0 Å². The number of unbranched alkanes of at least 4 members (excludes halogenated alkanes) is 16. The van der Waals surface area contributed by atoms with Gasteiger partial charge in [0, 0.05) is 30.6 Å². The Morgan fingerprint density at radius 3 is 1.61 bits per heavy atom. The third kappa shape index (κ3) is 27.5. The smallest absolute Gasteiger partial charge is 0.314 e. The van der Waals surface area contributed by atoms with E-state index in [1.807, 2.05) is 0 Å². The van der Waals surface area contributed by atoms with Gasteiger partial charge in [-0.05, 0) is 37.4 Å². The van der Waals surface area contributed by atoms with E-state index in [2.05, 4.69) is 66.8 Å². The molecule has 0 aromatic rings. The quantitative estimate of drug-likeness (QED) is 0.0840. The molecular formula is C32H67N3OS2. The van der Waals surface area contributed by atoms with Crippen molar-refractivity contribution < 1.29 is 4.79 Å². The summed E-state index contributed by atoms with van der Waals surface area (Å²) in [7, 11) is 0. The van der Waals surface area contributed by atoms with Crippen LogP contribution >= 0.6 is 23.5 Å². The molecule has 0 aliphatic rings. The molecule has 0 saturated heterocycles. The van der Waals surface area contributed by atoms with E-state index in [-0.39, 0.29) is 6.03 Å². The molecule has 0 fully saturated rings. The van der Waals surface area contributed by atoms with Crippen molar-refractivity contribution in [2.24, 2.45) is 0 Å². The maximum absolute atomic E-state index is 12.4. The van der Waals surface area contributed by atoms with Crippen LogP contribution in [0.15, 0.2) is 0 Å². The lowest BCUT2D eigenvalue weighted by Crippen LogP contribution is -2.42. The van der Waals surface area contributed by atoms with Gasteiger partial charge >= 0.3 is 6.03 Å². The van der Waals surface area contributed by atoms with Crippen LogP contribution in [-0.2, 0) is 0 Å². The Balaban J connectivity index is 4.09. The number of likely N-dealkylation sites (N-methyl/N-ethyl adjacent to an activating group) is 1. The molecule has 1 unspecified atom stereocenters. The van der Waals surface area contributed by atoms with E-state index in [4.69, 9.17) is 0 Å². The Morgan fingerprint density at radius 1 is 0.632 bits per heavy atom. The van der Waals surface area contributed by atoms with E-state index < -0.39 is 0 Å². The van der Waals surface area contributed by atoms with Gasteiger partial charge in [0.05, 0.1) is 0 Å². The molecule has 0 rings (SSSR count). The molecule has 1 atom stereocenters. The standard InChI is InChI=1S/C32H67N3OS2/c1-5-9-11-13-15-17-19-21-23-27-37-30-31(29-34-32(36)33-25-26-35(7-3)8-4)38-28-24-22-20-18-16-14-12-10-6-2/h31H,5-30H2,1-4H3,(H2,33,34,36). The molecule has 0 aliphatic heterocycles. The third-order valence-electron chi connectivity index (χ3n) is 7.40. The van der Waals surface area contributed by atoms with Crippen molar-refractivity contribution in [2.45, 2.75) is 149 Å². The number of nitrogens with one attached hydrogen (secondary N) is 2. The molecule has 0 aromatic heterocycles. The molecule has 38 heavy (non-hydrogen) atoms. The molecule has 0 bridgehead atoms. The molecule has 0 spiro atoms. The second-order valence-corrected chi connectivity index (χ2v) is 13.4. The van der Waals surface area contributed by atoms with Crippen molar-refractivity contribution in [2.75, 3.05) is 50.0 Å². The number of urea groups is 1. The Hall–Kier alpha value is -0.0700. The lowest BCUT2D eigenvalue weighted by atomic mass is 10.1. The fourth-order valence-corrected chi connectivity index (χ4v) is 7.23. The van der Waals surface area contributed by atoms with Gasteiger partial charge in [-0.15, -0.1) is 0 Å². The Bertz CT molecular complexity index is 478. The molecule has 0 aromatic carbocycles. The number of rotatable bonds is 30. The second-order valence-electron chi connectivity index (χ2n) is 10.9. The fourth-order valence-electron chi connectivity index (χ4n) is 4.69. The molecule has 228 valence electrons. The summed E-state index contributed by atoms with van der Waals surface area (Å²) < 4.78 is 0. The van der Waals surface area contributed by atoms with Crippen LogP contribution in [0.2, 0.25) is 0 Å². The van der Waals surface area contributed by atoms with Crippen LogP contribution in [0.3, 0.4) is 0 Å². The van der Waals surface area contributed by atoms with E-state index >= 15 is 0 Å². The van der Waals surface area contributed by atoms with Crippen molar-refractivity contribution in [3.63, 3.8) is 0 Å². The monoisotopic (exact) mass is 573 g/mol. The zero-order valence-electron chi connectivity index (χ0n) is 26.1. The second kappa shape index (κ2) is 31.5. The van der Waals surface area contributed by atoms with Crippen LogP contribution in [0.1, 0.15) is 143 Å². The summed E-state index contributed by atoms with van der Waals surface area (Å²) in [6, 6.07) is -0.00485. The van der Waals surface area contributed by atoms with Gasteiger partial charge in [0.1, 0.15) is 0 Å². The van der Waals surface area contributed by atoms with E-state index in [9.17, 15) is 4.79 Å². The fraction of sp³-hybridized carbons (Fsp3) is 0.969. The minimum Gasteiger partial charge on any atom is -0.337 e. The first-order chi connectivity index (χ1) is 18.7. The van der Waals surface area contributed by atoms with Crippen LogP contribution in [0.4, 0.5) is 4.79 Å². The first-order valence-electron chi connectivity index (χ1n) is 16.6. The zero-order chi connectivity index (χ0) is 27.9.